The maximum absolute atomic E-state index is 12.8. The third-order valence-electron chi connectivity index (χ3n) is 3.13. The Morgan fingerprint density at radius 2 is 1.90 bits per heavy atom. The van der Waals surface area contributed by atoms with Crippen LogP contribution in [-0.2, 0) is 10.0 Å². The molecule has 114 valence electrons. The van der Waals surface area contributed by atoms with Crippen LogP contribution in [0.3, 0.4) is 0 Å². The summed E-state index contributed by atoms with van der Waals surface area (Å²) in [5.41, 5.74) is 7.38. The Hall–Kier alpha value is -0.910. The van der Waals surface area contributed by atoms with E-state index in [1.54, 1.807) is 10.4 Å². The molecule has 0 radical (unpaired) electrons. The van der Waals surface area contributed by atoms with Crippen molar-refractivity contribution in [1.29, 1.82) is 0 Å². The topological polar surface area (TPSA) is 63.4 Å². The van der Waals surface area contributed by atoms with Gasteiger partial charge in [-0.05, 0) is 44.4 Å². The minimum Gasteiger partial charge on any atom is -0.330 e. The quantitative estimate of drug-likeness (QED) is 0.840. The Labute approximate surface area is 123 Å². The second-order valence-corrected chi connectivity index (χ2v) is 7.57. The van der Waals surface area contributed by atoms with Gasteiger partial charge in [0.25, 0.3) is 0 Å². The highest BCUT2D eigenvalue weighted by Gasteiger charge is 2.26. The molecule has 0 aliphatic rings. The number of aryl methyl sites for hydroxylation is 2. The Morgan fingerprint density at radius 1 is 1.25 bits per heavy atom. The van der Waals surface area contributed by atoms with E-state index in [0.717, 1.165) is 11.1 Å². The second-order valence-electron chi connectivity index (χ2n) is 5.67. The van der Waals surface area contributed by atoms with Crippen molar-refractivity contribution in [3.63, 3.8) is 0 Å². The molecule has 0 aliphatic heterocycles. The van der Waals surface area contributed by atoms with Crippen molar-refractivity contribution in [2.75, 3.05) is 19.6 Å². The molecule has 0 aromatic heterocycles. The highest BCUT2D eigenvalue weighted by Crippen LogP contribution is 2.22. The summed E-state index contributed by atoms with van der Waals surface area (Å²) in [5.74, 6) is 0.285. The van der Waals surface area contributed by atoms with Crippen LogP contribution < -0.4 is 5.73 Å². The van der Waals surface area contributed by atoms with E-state index in [9.17, 15) is 8.42 Å². The average Bonchev–Trinajstić information content (AvgIpc) is 2.33. The summed E-state index contributed by atoms with van der Waals surface area (Å²) in [5, 5.41) is 0. The molecule has 0 bridgehead atoms. The number of nitrogens with two attached hydrogens (primary N) is 1. The molecule has 0 unspecified atom stereocenters. The minimum absolute atomic E-state index is 0.285. The Kier molecular flexibility index (Phi) is 6.17. The number of hydrogen-bond acceptors (Lipinski definition) is 3. The maximum atomic E-state index is 12.8. The van der Waals surface area contributed by atoms with Gasteiger partial charge in [-0.15, -0.1) is 0 Å². The first-order valence-corrected chi connectivity index (χ1v) is 8.50. The SMILES string of the molecule is Cc1ccc(S(=O)(=O)N(CCCN)CC(C)C)c(C)c1. The third kappa shape index (κ3) is 4.30. The average molecular weight is 298 g/mol. The van der Waals surface area contributed by atoms with Crippen LogP contribution in [0.1, 0.15) is 31.4 Å². The lowest BCUT2D eigenvalue weighted by Gasteiger charge is -2.24. The minimum atomic E-state index is -3.44. The van der Waals surface area contributed by atoms with Crippen LogP contribution in [0.25, 0.3) is 0 Å². The molecule has 0 fully saturated rings. The van der Waals surface area contributed by atoms with Crippen molar-refractivity contribution in [2.24, 2.45) is 11.7 Å². The molecule has 0 saturated heterocycles. The number of hydrogen-bond donors (Lipinski definition) is 1. The van der Waals surface area contributed by atoms with Crippen LogP contribution in [0, 0.1) is 19.8 Å². The van der Waals surface area contributed by atoms with Gasteiger partial charge in [0.15, 0.2) is 0 Å². The van der Waals surface area contributed by atoms with Crippen LogP contribution in [0.15, 0.2) is 23.1 Å². The predicted molar refractivity (Wildman–Crippen MR) is 83.2 cm³/mol. The van der Waals surface area contributed by atoms with Gasteiger partial charge in [0.05, 0.1) is 4.90 Å². The highest BCUT2D eigenvalue weighted by molar-refractivity contribution is 7.89. The van der Waals surface area contributed by atoms with Crippen molar-refractivity contribution in [3.8, 4) is 0 Å². The van der Waals surface area contributed by atoms with Crippen LogP contribution >= 0.6 is 0 Å². The highest BCUT2D eigenvalue weighted by atomic mass is 32.2. The van der Waals surface area contributed by atoms with Crippen molar-refractivity contribution < 1.29 is 8.42 Å². The van der Waals surface area contributed by atoms with Gasteiger partial charge in [-0.2, -0.15) is 4.31 Å². The van der Waals surface area contributed by atoms with Gasteiger partial charge >= 0.3 is 0 Å². The van der Waals surface area contributed by atoms with E-state index in [1.807, 2.05) is 39.8 Å². The fraction of sp³-hybridized carbons (Fsp3) is 0.600. The maximum Gasteiger partial charge on any atom is 0.243 e. The smallest absolute Gasteiger partial charge is 0.243 e. The summed E-state index contributed by atoms with van der Waals surface area (Å²) < 4.78 is 27.1. The van der Waals surface area contributed by atoms with Crippen molar-refractivity contribution in [3.05, 3.63) is 29.3 Å². The zero-order valence-electron chi connectivity index (χ0n) is 12.9. The van der Waals surface area contributed by atoms with Gasteiger partial charge in [0.2, 0.25) is 10.0 Å². The van der Waals surface area contributed by atoms with Gasteiger partial charge < -0.3 is 5.73 Å². The summed E-state index contributed by atoms with van der Waals surface area (Å²) in [4.78, 5) is 0.403. The zero-order chi connectivity index (χ0) is 15.3. The number of benzene rings is 1. The van der Waals surface area contributed by atoms with Gasteiger partial charge in [0, 0.05) is 13.1 Å². The van der Waals surface area contributed by atoms with Crippen molar-refractivity contribution >= 4 is 10.0 Å². The van der Waals surface area contributed by atoms with Crippen molar-refractivity contribution in [1.82, 2.24) is 4.31 Å². The fourth-order valence-electron chi connectivity index (χ4n) is 2.21. The molecule has 1 rings (SSSR count). The van der Waals surface area contributed by atoms with Crippen LogP contribution in [0.4, 0.5) is 0 Å². The van der Waals surface area contributed by atoms with E-state index in [0.29, 0.717) is 31.0 Å². The molecule has 0 atom stereocenters. The molecule has 0 saturated carbocycles. The molecule has 0 heterocycles. The predicted octanol–water partition coefficient (Wildman–Crippen LogP) is 2.30. The first-order valence-electron chi connectivity index (χ1n) is 7.06. The molecule has 4 nitrogen and oxygen atoms in total. The molecule has 0 spiro atoms. The van der Waals surface area contributed by atoms with Crippen LogP contribution in [0.2, 0.25) is 0 Å². The molecule has 20 heavy (non-hydrogen) atoms. The zero-order valence-corrected chi connectivity index (χ0v) is 13.7. The Balaban J connectivity index is 3.14. The molecule has 2 N–H and O–H groups in total. The Morgan fingerprint density at radius 3 is 2.40 bits per heavy atom. The van der Waals surface area contributed by atoms with Crippen molar-refractivity contribution in [2.45, 2.75) is 39.0 Å². The van der Waals surface area contributed by atoms with E-state index < -0.39 is 10.0 Å². The van der Waals surface area contributed by atoms with Gasteiger partial charge in [-0.25, -0.2) is 8.42 Å². The van der Waals surface area contributed by atoms with Gasteiger partial charge in [-0.3, -0.25) is 0 Å². The first-order chi connectivity index (χ1) is 9.28. The number of rotatable bonds is 7. The van der Waals surface area contributed by atoms with E-state index >= 15 is 0 Å². The van der Waals surface area contributed by atoms with E-state index in [2.05, 4.69) is 0 Å². The summed E-state index contributed by atoms with van der Waals surface area (Å²) in [6, 6.07) is 5.45. The third-order valence-corrected chi connectivity index (χ3v) is 5.15. The lowest BCUT2D eigenvalue weighted by Crippen LogP contribution is -2.36. The van der Waals surface area contributed by atoms with Gasteiger partial charge in [0.1, 0.15) is 0 Å². The van der Waals surface area contributed by atoms with E-state index in [-0.39, 0.29) is 5.92 Å². The second kappa shape index (κ2) is 7.20. The number of sulfonamides is 1. The van der Waals surface area contributed by atoms with Gasteiger partial charge in [-0.1, -0.05) is 31.5 Å². The monoisotopic (exact) mass is 298 g/mol. The summed E-state index contributed by atoms with van der Waals surface area (Å²) in [7, 11) is -3.44. The fourth-order valence-corrected chi connectivity index (χ4v) is 4.06. The molecular formula is C15H26N2O2S. The first kappa shape index (κ1) is 17.1. The van der Waals surface area contributed by atoms with E-state index in [4.69, 9.17) is 5.73 Å². The summed E-state index contributed by atoms with van der Waals surface area (Å²) in [6.45, 7) is 9.34. The Bertz CT molecular complexity index is 539. The molecule has 1 aromatic rings. The molecular weight excluding hydrogens is 272 g/mol. The van der Waals surface area contributed by atoms with E-state index in [1.165, 1.54) is 0 Å². The molecule has 1 aromatic carbocycles. The summed E-state index contributed by atoms with van der Waals surface area (Å²) in [6.07, 6.45) is 0.677. The normalized spacial score (nSPS) is 12.3. The molecule has 0 aliphatic carbocycles. The lowest BCUT2D eigenvalue weighted by molar-refractivity contribution is 0.364. The number of nitrogens with zero attached hydrogens (tertiary/aromatic N) is 1. The van der Waals surface area contributed by atoms with Crippen LogP contribution in [0.5, 0.6) is 0 Å². The molecule has 0 amide bonds. The lowest BCUT2D eigenvalue weighted by atomic mass is 10.2. The largest absolute Gasteiger partial charge is 0.330 e. The molecule has 5 heteroatoms. The van der Waals surface area contributed by atoms with Crippen LogP contribution in [-0.4, -0.2) is 32.4 Å². The standard InChI is InChI=1S/C15H26N2O2S/c1-12(2)11-17(9-5-8-16)20(18,19)15-7-6-13(3)10-14(15)4/h6-7,10,12H,5,8-9,11,16H2,1-4H3. The summed E-state index contributed by atoms with van der Waals surface area (Å²) >= 11 is 0.